The van der Waals surface area contributed by atoms with Crippen LogP contribution in [0.5, 0.6) is 5.75 Å². The average Bonchev–Trinajstić information content (AvgIpc) is 2.92. The summed E-state index contributed by atoms with van der Waals surface area (Å²) >= 11 is 0. The van der Waals surface area contributed by atoms with Crippen molar-refractivity contribution in [2.75, 3.05) is 13.7 Å². The number of hydrogen-bond donors (Lipinski definition) is 0. The lowest BCUT2D eigenvalue weighted by atomic mass is 9.94. The van der Waals surface area contributed by atoms with Gasteiger partial charge in [-0.15, -0.1) is 0 Å². The Morgan fingerprint density at radius 3 is 2.64 bits per heavy atom. The Bertz CT molecular complexity index is 945. The Hall–Kier alpha value is -2.82. The highest BCUT2D eigenvalue weighted by Gasteiger charge is 2.36. The SMILES string of the molecule is COc1ccc2c(C)c(C(=O)N3CCC3c3ccc(F)cc3)oc2c1. The average molecular weight is 339 g/mol. The smallest absolute Gasteiger partial charge is 0.290 e. The van der Waals surface area contributed by atoms with Crippen molar-refractivity contribution >= 4 is 16.9 Å². The summed E-state index contributed by atoms with van der Waals surface area (Å²) in [6, 6.07) is 11.8. The van der Waals surface area contributed by atoms with Crippen LogP contribution < -0.4 is 4.74 Å². The fourth-order valence-corrected chi connectivity index (χ4v) is 3.33. The lowest BCUT2D eigenvalue weighted by Crippen LogP contribution is -2.45. The van der Waals surface area contributed by atoms with Crippen molar-refractivity contribution in [1.29, 1.82) is 0 Å². The van der Waals surface area contributed by atoms with Crippen molar-refractivity contribution in [3.8, 4) is 5.75 Å². The first kappa shape index (κ1) is 15.7. The molecule has 0 saturated carbocycles. The molecule has 25 heavy (non-hydrogen) atoms. The second-order valence-electron chi connectivity index (χ2n) is 6.27. The number of methoxy groups -OCH3 is 1. The van der Waals surface area contributed by atoms with E-state index in [1.165, 1.54) is 12.1 Å². The summed E-state index contributed by atoms with van der Waals surface area (Å²) in [6.45, 7) is 2.55. The zero-order chi connectivity index (χ0) is 17.6. The first-order chi connectivity index (χ1) is 12.1. The van der Waals surface area contributed by atoms with E-state index >= 15 is 0 Å². The lowest BCUT2D eigenvalue weighted by Gasteiger charge is -2.41. The number of hydrogen-bond acceptors (Lipinski definition) is 3. The van der Waals surface area contributed by atoms with Crippen LogP contribution in [-0.4, -0.2) is 24.5 Å². The van der Waals surface area contributed by atoms with Crippen molar-refractivity contribution in [2.45, 2.75) is 19.4 Å². The van der Waals surface area contributed by atoms with Crippen molar-refractivity contribution in [3.05, 3.63) is 65.2 Å². The maximum absolute atomic E-state index is 13.1. The van der Waals surface area contributed by atoms with E-state index in [1.807, 2.05) is 19.1 Å². The van der Waals surface area contributed by atoms with Crippen LogP contribution in [0.15, 0.2) is 46.9 Å². The molecule has 0 aliphatic carbocycles. The number of furan rings is 1. The number of nitrogens with zero attached hydrogens (tertiary/aromatic N) is 1. The molecular weight excluding hydrogens is 321 g/mol. The van der Waals surface area contributed by atoms with Crippen molar-refractivity contribution < 1.29 is 18.3 Å². The van der Waals surface area contributed by atoms with Gasteiger partial charge >= 0.3 is 0 Å². The lowest BCUT2D eigenvalue weighted by molar-refractivity contribution is 0.0429. The van der Waals surface area contributed by atoms with Gasteiger partial charge in [0.15, 0.2) is 5.76 Å². The minimum atomic E-state index is -0.275. The third kappa shape index (κ3) is 2.56. The summed E-state index contributed by atoms with van der Waals surface area (Å²) in [5, 5.41) is 0.906. The molecule has 1 aromatic heterocycles. The summed E-state index contributed by atoms with van der Waals surface area (Å²) in [7, 11) is 1.59. The Morgan fingerprint density at radius 1 is 1.24 bits per heavy atom. The minimum Gasteiger partial charge on any atom is -0.497 e. The molecule has 2 heterocycles. The van der Waals surface area contributed by atoms with E-state index in [1.54, 1.807) is 30.2 Å². The van der Waals surface area contributed by atoms with E-state index in [-0.39, 0.29) is 17.8 Å². The van der Waals surface area contributed by atoms with E-state index < -0.39 is 0 Å². The first-order valence-electron chi connectivity index (χ1n) is 8.22. The molecule has 5 heteroatoms. The third-order valence-corrected chi connectivity index (χ3v) is 4.87. The Labute approximate surface area is 144 Å². The van der Waals surface area contributed by atoms with Gasteiger partial charge in [0.1, 0.15) is 17.1 Å². The van der Waals surface area contributed by atoms with E-state index in [0.717, 1.165) is 22.9 Å². The number of fused-ring (bicyclic) bond motifs is 1. The monoisotopic (exact) mass is 339 g/mol. The second-order valence-corrected chi connectivity index (χ2v) is 6.27. The molecule has 1 aliphatic heterocycles. The molecule has 2 aromatic carbocycles. The van der Waals surface area contributed by atoms with Crippen molar-refractivity contribution in [3.63, 3.8) is 0 Å². The molecule has 4 nitrogen and oxygen atoms in total. The summed E-state index contributed by atoms with van der Waals surface area (Å²) in [4.78, 5) is 14.7. The van der Waals surface area contributed by atoms with Gasteiger partial charge in [0.2, 0.25) is 0 Å². The van der Waals surface area contributed by atoms with Gasteiger partial charge in [0.05, 0.1) is 13.2 Å². The topological polar surface area (TPSA) is 42.7 Å². The number of amides is 1. The highest BCUT2D eigenvalue weighted by atomic mass is 19.1. The van der Waals surface area contributed by atoms with Gasteiger partial charge in [-0.1, -0.05) is 12.1 Å². The van der Waals surface area contributed by atoms with Gasteiger partial charge in [-0.3, -0.25) is 4.79 Å². The molecule has 128 valence electrons. The Morgan fingerprint density at radius 2 is 2.00 bits per heavy atom. The van der Waals surface area contributed by atoms with Crippen LogP contribution in [0.2, 0.25) is 0 Å². The van der Waals surface area contributed by atoms with Crippen LogP contribution in [0.25, 0.3) is 11.0 Å². The molecule has 1 amide bonds. The number of benzene rings is 2. The maximum atomic E-state index is 13.1. The molecule has 0 N–H and O–H groups in total. The quantitative estimate of drug-likeness (QED) is 0.707. The van der Waals surface area contributed by atoms with Gasteiger partial charge < -0.3 is 14.1 Å². The van der Waals surface area contributed by atoms with E-state index in [4.69, 9.17) is 9.15 Å². The highest BCUT2D eigenvalue weighted by molar-refractivity contribution is 5.99. The Kier molecular flexibility index (Phi) is 3.71. The van der Waals surface area contributed by atoms with Gasteiger partial charge in [-0.25, -0.2) is 4.39 Å². The summed E-state index contributed by atoms with van der Waals surface area (Å²) in [6.07, 6.45) is 0.866. The molecule has 0 radical (unpaired) electrons. The molecule has 3 aromatic rings. The van der Waals surface area contributed by atoms with Crippen LogP contribution in [0.1, 0.15) is 34.1 Å². The molecule has 1 saturated heterocycles. The summed E-state index contributed by atoms with van der Waals surface area (Å²) in [5.41, 5.74) is 2.41. The number of halogens is 1. The maximum Gasteiger partial charge on any atom is 0.290 e. The predicted molar refractivity (Wildman–Crippen MR) is 92.3 cm³/mol. The van der Waals surface area contributed by atoms with Gasteiger partial charge in [-0.05, 0) is 43.2 Å². The van der Waals surface area contributed by atoms with Crippen LogP contribution in [0, 0.1) is 12.7 Å². The first-order valence-corrected chi connectivity index (χ1v) is 8.22. The Balaban J connectivity index is 1.65. The second kappa shape index (κ2) is 5.92. The van der Waals surface area contributed by atoms with Gasteiger partial charge in [0.25, 0.3) is 5.91 Å². The van der Waals surface area contributed by atoms with Crippen molar-refractivity contribution in [1.82, 2.24) is 4.90 Å². The molecule has 0 spiro atoms. The van der Waals surface area contributed by atoms with Crippen molar-refractivity contribution in [2.24, 2.45) is 0 Å². The largest absolute Gasteiger partial charge is 0.497 e. The van der Waals surface area contributed by atoms with Gasteiger partial charge in [-0.2, -0.15) is 0 Å². The van der Waals surface area contributed by atoms with Crippen LogP contribution >= 0.6 is 0 Å². The van der Waals surface area contributed by atoms with Gasteiger partial charge in [0, 0.05) is 23.6 Å². The zero-order valence-corrected chi connectivity index (χ0v) is 14.1. The zero-order valence-electron chi connectivity index (χ0n) is 14.1. The molecule has 4 rings (SSSR count). The molecule has 1 aliphatic rings. The minimum absolute atomic E-state index is 0.0322. The summed E-state index contributed by atoms with van der Waals surface area (Å²) < 4.78 is 24.2. The van der Waals surface area contributed by atoms with E-state index in [0.29, 0.717) is 23.6 Å². The number of ether oxygens (including phenoxy) is 1. The summed E-state index contributed by atoms with van der Waals surface area (Å²) in [5.74, 6) is 0.639. The third-order valence-electron chi connectivity index (χ3n) is 4.87. The molecular formula is C20H18FNO3. The van der Waals surface area contributed by atoms with E-state index in [9.17, 15) is 9.18 Å². The number of carbonyl (C=O) groups is 1. The fraction of sp³-hybridized carbons (Fsp3) is 0.250. The normalized spacial score (nSPS) is 16.8. The molecule has 1 fully saturated rings. The standard InChI is InChI=1S/C20H18FNO3/c1-12-16-8-7-15(24-2)11-18(16)25-19(12)20(23)22-10-9-17(22)13-3-5-14(21)6-4-13/h3-8,11,17H,9-10H2,1-2H3. The van der Waals surface area contributed by atoms with Crippen LogP contribution in [0.4, 0.5) is 4.39 Å². The highest BCUT2D eigenvalue weighted by Crippen LogP contribution is 2.37. The number of likely N-dealkylation sites (tertiary alicyclic amines) is 1. The molecule has 0 bridgehead atoms. The number of rotatable bonds is 3. The fourth-order valence-electron chi connectivity index (χ4n) is 3.33. The predicted octanol–water partition coefficient (Wildman–Crippen LogP) is 4.48. The molecule has 1 atom stereocenters. The number of carbonyl (C=O) groups excluding carboxylic acids is 1. The van der Waals surface area contributed by atoms with E-state index in [2.05, 4.69) is 0 Å². The van der Waals surface area contributed by atoms with Crippen LogP contribution in [-0.2, 0) is 0 Å². The van der Waals surface area contributed by atoms with Crippen LogP contribution in [0.3, 0.4) is 0 Å². The molecule has 1 unspecified atom stereocenters. The number of aryl methyl sites for hydroxylation is 1.